The molecule has 0 unspecified atom stereocenters. The van der Waals surface area contributed by atoms with Gasteiger partial charge in [-0.25, -0.2) is 4.79 Å². The SMILES string of the molecule is COC(=O)c1cccc(C#Cc2cccc(NC(=O)CCc3c(C)noc3C)c2)c1. The Kier molecular flexibility index (Phi) is 6.66. The van der Waals surface area contributed by atoms with Gasteiger partial charge < -0.3 is 14.6 Å². The number of hydrogen-bond donors (Lipinski definition) is 1. The van der Waals surface area contributed by atoms with Crippen LogP contribution in [0, 0.1) is 25.7 Å². The van der Waals surface area contributed by atoms with Crippen LogP contribution in [0.25, 0.3) is 0 Å². The summed E-state index contributed by atoms with van der Waals surface area (Å²) >= 11 is 0. The highest BCUT2D eigenvalue weighted by Gasteiger charge is 2.11. The molecule has 2 aromatic carbocycles. The lowest BCUT2D eigenvalue weighted by molar-refractivity contribution is -0.116. The van der Waals surface area contributed by atoms with Gasteiger partial charge in [-0.2, -0.15) is 0 Å². The van der Waals surface area contributed by atoms with Crippen LogP contribution in [0.5, 0.6) is 0 Å². The molecule has 3 aromatic rings. The Balaban J connectivity index is 1.65. The molecule has 0 saturated heterocycles. The summed E-state index contributed by atoms with van der Waals surface area (Å²) in [6.45, 7) is 3.71. The van der Waals surface area contributed by atoms with Crippen LogP contribution < -0.4 is 5.32 Å². The molecule has 1 aromatic heterocycles. The van der Waals surface area contributed by atoms with Crippen molar-refractivity contribution >= 4 is 17.6 Å². The summed E-state index contributed by atoms with van der Waals surface area (Å²) in [5.74, 6) is 6.33. The molecule has 6 heteroatoms. The first-order valence-corrected chi connectivity index (χ1v) is 9.48. The van der Waals surface area contributed by atoms with Gasteiger partial charge in [0.15, 0.2) is 0 Å². The highest BCUT2D eigenvalue weighted by atomic mass is 16.5. The number of aromatic nitrogens is 1. The minimum atomic E-state index is -0.403. The summed E-state index contributed by atoms with van der Waals surface area (Å²) in [4.78, 5) is 23.9. The van der Waals surface area contributed by atoms with Crippen LogP contribution in [0.1, 0.15) is 44.9 Å². The lowest BCUT2D eigenvalue weighted by Gasteiger charge is -2.05. The third-order valence-corrected chi connectivity index (χ3v) is 4.56. The molecule has 1 amide bonds. The van der Waals surface area contributed by atoms with E-state index in [4.69, 9.17) is 9.26 Å². The maximum atomic E-state index is 12.3. The standard InChI is InChI=1S/C24H22N2O4/c1-16-22(17(2)30-26-16)12-13-23(27)25-21-9-5-7-19(15-21)11-10-18-6-4-8-20(14-18)24(28)29-3/h4-9,14-15H,12-13H2,1-3H3,(H,25,27). The Bertz CT molecular complexity index is 1120. The molecular formula is C24H22N2O4. The number of anilines is 1. The van der Waals surface area contributed by atoms with E-state index in [1.807, 2.05) is 44.2 Å². The zero-order valence-corrected chi connectivity index (χ0v) is 17.1. The number of benzene rings is 2. The number of hydrogen-bond acceptors (Lipinski definition) is 5. The maximum absolute atomic E-state index is 12.3. The van der Waals surface area contributed by atoms with Crippen molar-refractivity contribution in [1.29, 1.82) is 0 Å². The van der Waals surface area contributed by atoms with Gasteiger partial charge in [-0.1, -0.05) is 29.1 Å². The molecule has 0 spiro atoms. The molecule has 1 heterocycles. The van der Waals surface area contributed by atoms with E-state index in [2.05, 4.69) is 22.3 Å². The highest BCUT2D eigenvalue weighted by Crippen LogP contribution is 2.16. The molecule has 0 radical (unpaired) electrons. The van der Waals surface area contributed by atoms with Crippen molar-refractivity contribution in [1.82, 2.24) is 5.16 Å². The molecule has 0 fully saturated rings. The van der Waals surface area contributed by atoms with Gasteiger partial charge in [0.2, 0.25) is 5.91 Å². The van der Waals surface area contributed by atoms with Gasteiger partial charge >= 0.3 is 5.97 Å². The average Bonchev–Trinajstić information content (AvgIpc) is 3.08. The van der Waals surface area contributed by atoms with E-state index in [0.717, 1.165) is 22.6 Å². The topological polar surface area (TPSA) is 81.4 Å². The van der Waals surface area contributed by atoms with Crippen molar-refractivity contribution in [3.63, 3.8) is 0 Å². The van der Waals surface area contributed by atoms with Gasteiger partial charge in [0.1, 0.15) is 5.76 Å². The third kappa shape index (κ3) is 5.36. The van der Waals surface area contributed by atoms with Crippen LogP contribution in [0.3, 0.4) is 0 Å². The average molecular weight is 402 g/mol. The Morgan fingerprint density at radius 2 is 1.77 bits per heavy atom. The molecule has 6 nitrogen and oxygen atoms in total. The van der Waals surface area contributed by atoms with E-state index in [9.17, 15) is 9.59 Å². The number of methoxy groups -OCH3 is 1. The first kappa shape index (κ1) is 20.9. The van der Waals surface area contributed by atoms with Crippen molar-refractivity contribution in [2.24, 2.45) is 0 Å². The quantitative estimate of drug-likeness (QED) is 0.514. The fourth-order valence-corrected chi connectivity index (χ4v) is 2.98. The summed E-state index contributed by atoms with van der Waals surface area (Å²) in [6, 6.07) is 14.2. The van der Waals surface area contributed by atoms with Gasteiger partial charge in [-0.15, -0.1) is 0 Å². The number of carbonyl (C=O) groups is 2. The molecular weight excluding hydrogens is 380 g/mol. The van der Waals surface area contributed by atoms with E-state index in [1.165, 1.54) is 7.11 Å². The van der Waals surface area contributed by atoms with Crippen LogP contribution in [0.15, 0.2) is 53.1 Å². The van der Waals surface area contributed by atoms with Crippen LogP contribution in [-0.2, 0) is 16.0 Å². The zero-order chi connectivity index (χ0) is 21.5. The van der Waals surface area contributed by atoms with E-state index >= 15 is 0 Å². The lowest BCUT2D eigenvalue weighted by atomic mass is 10.1. The molecule has 152 valence electrons. The first-order valence-electron chi connectivity index (χ1n) is 9.48. The molecule has 0 atom stereocenters. The van der Waals surface area contributed by atoms with Gasteiger partial charge in [0.25, 0.3) is 0 Å². The second-order valence-electron chi connectivity index (χ2n) is 6.75. The third-order valence-electron chi connectivity index (χ3n) is 4.56. The van der Waals surface area contributed by atoms with E-state index in [1.54, 1.807) is 18.2 Å². The predicted octanol–water partition coefficient (Wildman–Crippen LogP) is 4.05. The minimum Gasteiger partial charge on any atom is -0.465 e. The summed E-state index contributed by atoms with van der Waals surface area (Å²) < 4.78 is 9.86. The van der Waals surface area contributed by atoms with Crippen LogP contribution in [0.4, 0.5) is 5.69 Å². The monoisotopic (exact) mass is 402 g/mol. The Morgan fingerprint density at radius 1 is 1.07 bits per heavy atom. The van der Waals surface area contributed by atoms with E-state index in [0.29, 0.717) is 29.7 Å². The van der Waals surface area contributed by atoms with Crippen molar-refractivity contribution in [3.05, 3.63) is 82.2 Å². The Hall–Kier alpha value is -3.85. The second-order valence-corrected chi connectivity index (χ2v) is 6.75. The van der Waals surface area contributed by atoms with Crippen LogP contribution in [-0.4, -0.2) is 24.1 Å². The molecule has 3 rings (SSSR count). The summed E-state index contributed by atoms with van der Waals surface area (Å²) in [5, 5.41) is 6.80. The van der Waals surface area contributed by atoms with Gasteiger partial charge in [0, 0.05) is 28.8 Å². The minimum absolute atomic E-state index is 0.0918. The van der Waals surface area contributed by atoms with Crippen molar-refractivity contribution < 1.29 is 18.8 Å². The number of rotatable bonds is 5. The van der Waals surface area contributed by atoms with Crippen molar-refractivity contribution in [3.8, 4) is 11.8 Å². The second kappa shape index (κ2) is 9.57. The number of carbonyl (C=O) groups excluding carboxylic acids is 2. The van der Waals surface area contributed by atoms with Gasteiger partial charge in [0.05, 0.1) is 18.4 Å². The number of nitrogens with one attached hydrogen (secondary N) is 1. The fraction of sp³-hybridized carbons (Fsp3) is 0.208. The number of aryl methyl sites for hydroxylation is 2. The Morgan fingerprint density at radius 3 is 2.43 bits per heavy atom. The Labute approximate surface area is 175 Å². The number of ether oxygens (including phenoxy) is 1. The summed E-state index contributed by atoms with van der Waals surface area (Å²) in [5.41, 5.74) is 4.36. The van der Waals surface area contributed by atoms with Crippen LogP contribution >= 0.6 is 0 Å². The van der Waals surface area contributed by atoms with Crippen molar-refractivity contribution in [2.75, 3.05) is 12.4 Å². The molecule has 0 bridgehead atoms. The smallest absolute Gasteiger partial charge is 0.337 e. The molecule has 1 N–H and O–H groups in total. The van der Waals surface area contributed by atoms with Crippen LogP contribution in [0.2, 0.25) is 0 Å². The molecule has 0 aliphatic heterocycles. The lowest BCUT2D eigenvalue weighted by Crippen LogP contribution is -2.12. The molecule has 0 aliphatic rings. The number of esters is 1. The molecule has 0 saturated carbocycles. The maximum Gasteiger partial charge on any atom is 0.337 e. The van der Waals surface area contributed by atoms with Crippen molar-refractivity contribution in [2.45, 2.75) is 26.7 Å². The molecule has 30 heavy (non-hydrogen) atoms. The number of nitrogens with zero attached hydrogens (tertiary/aromatic N) is 1. The highest BCUT2D eigenvalue weighted by molar-refractivity contribution is 5.91. The predicted molar refractivity (Wildman–Crippen MR) is 113 cm³/mol. The number of amides is 1. The molecule has 0 aliphatic carbocycles. The van der Waals surface area contributed by atoms with E-state index in [-0.39, 0.29) is 5.91 Å². The van der Waals surface area contributed by atoms with Gasteiger partial charge in [-0.05, 0) is 56.7 Å². The van der Waals surface area contributed by atoms with Gasteiger partial charge in [-0.3, -0.25) is 4.79 Å². The largest absolute Gasteiger partial charge is 0.465 e. The normalized spacial score (nSPS) is 10.1. The first-order chi connectivity index (χ1) is 14.5. The zero-order valence-electron chi connectivity index (χ0n) is 17.1. The fourth-order valence-electron chi connectivity index (χ4n) is 2.98. The summed E-state index contributed by atoms with van der Waals surface area (Å²) in [7, 11) is 1.34. The summed E-state index contributed by atoms with van der Waals surface area (Å²) in [6.07, 6.45) is 0.905. The van der Waals surface area contributed by atoms with E-state index < -0.39 is 5.97 Å².